The highest BCUT2D eigenvalue weighted by Gasteiger charge is 2.29. The van der Waals surface area contributed by atoms with Crippen molar-refractivity contribution in [1.82, 2.24) is 9.55 Å². The van der Waals surface area contributed by atoms with Crippen molar-refractivity contribution in [2.45, 2.75) is 40.2 Å². The molecule has 0 atom stereocenters. The zero-order chi connectivity index (χ0) is 16.9. The topological polar surface area (TPSA) is 27.1 Å². The molecule has 2 aromatic carbocycles. The Kier molecular flexibility index (Phi) is 3.41. The van der Waals surface area contributed by atoms with Gasteiger partial charge in [-0.25, -0.2) is 4.98 Å². The van der Waals surface area contributed by atoms with Crippen molar-refractivity contribution in [3.63, 3.8) is 0 Å². The highest BCUT2D eigenvalue weighted by molar-refractivity contribution is 5.78. The molecule has 0 amide bonds. The molecular weight excluding hydrogens is 296 g/mol. The van der Waals surface area contributed by atoms with Crippen molar-refractivity contribution in [3.05, 3.63) is 58.9 Å². The molecule has 1 aliphatic carbocycles. The van der Waals surface area contributed by atoms with E-state index in [9.17, 15) is 0 Å². The molecule has 3 heteroatoms. The Balaban J connectivity index is 1.70. The predicted molar refractivity (Wildman–Crippen MR) is 97.8 cm³/mol. The molecule has 0 bridgehead atoms. The Morgan fingerprint density at radius 2 is 1.88 bits per heavy atom. The van der Waals surface area contributed by atoms with E-state index in [0.717, 1.165) is 30.7 Å². The van der Waals surface area contributed by atoms with Crippen molar-refractivity contribution in [2.75, 3.05) is 7.11 Å². The van der Waals surface area contributed by atoms with E-state index in [1.807, 2.05) is 12.4 Å². The van der Waals surface area contributed by atoms with E-state index in [-0.39, 0.29) is 0 Å². The first-order valence-corrected chi connectivity index (χ1v) is 8.55. The average Bonchev–Trinajstić information content (AvgIpc) is 3.03. The summed E-state index contributed by atoms with van der Waals surface area (Å²) in [6.45, 7) is 7.62. The molecule has 0 saturated heterocycles. The summed E-state index contributed by atoms with van der Waals surface area (Å²) in [7, 11) is 1.72. The lowest BCUT2D eigenvalue weighted by molar-refractivity contribution is 0.392. The van der Waals surface area contributed by atoms with Gasteiger partial charge in [0.05, 0.1) is 24.5 Å². The fourth-order valence-corrected chi connectivity index (χ4v) is 3.98. The van der Waals surface area contributed by atoms with Crippen molar-refractivity contribution >= 4 is 11.0 Å². The van der Waals surface area contributed by atoms with Crippen LogP contribution in [0, 0.1) is 12.3 Å². The molecule has 0 saturated carbocycles. The highest BCUT2D eigenvalue weighted by Crippen LogP contribution is 2.38. The molecule has 0 unspecified atom stereocenters. The third kappa shape index (κ3) is 2.58. The zero-order valence-corrected chi connectivity index (χ0v) is 14.9. The van der Waals surface area contributed by atoms with Crippen LogP contribution in [0.3, 0.4) is 0 Å². The molecule has 0 fully saturated rings. The summed E-state index contributed by atoms with van der Waals surface area (Å²) in [5.74, 6) is 0.939. The lowest BCUT2D eigenvalue weighted by Gasteiger charge is -2.14. The van der Waals surface area contributed by atoms with Crippen LogP contribution >= 0.6 is 0 Å². The summed E-state index contributed by atoms with van der Waals surface area (Å²) in [5.41, 5.74) is 8.12. The number of aryl methyl sites for hydroxylation is 1. The number of fused-ring (bicyclic) bond motifs is 2. The maximum Gasteiger partial charge on any atom is 0.121 e. The highest BCUT2D eigenvalue weighted by atomic mass is 16.5. The quantitative estimate of drug-likeness (QED) is 0.709. The molecular formula is C21H24N2O. The minimum absolute atomic E-state index is 0.374. The molecule has 1 aliphatic rings. The molecule has 0 N–H and O–H groups in total. The lowest BCUT2D eigenvalue weighted by atomic mass is 9.90. The van der Waals surface area contributed by atoms with Gasteiger partial charge in [-0.05, 0) is 65.6 Å². The first kappa shape index (κ1) is 15.3. The van der Waals surface area contributed by atoms with E-state index < -0.39 is 0 Å². The Labute approximate surface area is 143 Å². The van der Waals surface area contributed by atoms with Crippen LogP contribution in [0.1, 0.15) is 36.1 Å². The number of nitrogens with zero attached hydrogens (tertiary/aromatic N) is 2. The molecule has 1 aromatic heterocycles. The van der Waals surface area contributed by atoms with E-state index in [0.29, 0.717) is 5.41 Å². The normalized spacial score (nSPS) is 15.7. The van der Waals surface area contributed by atoms with Crippen LogP contribution in [-0.4, -0.2) is 16.7 Å². The van der Waals surface area contributed by atoms with Gasteiger partial charge in [-0.1, -0.05) is 26.0 Å². The first-order valence-electron chi connectivity index (χ1n) is 8.55. The monoisotopic (exact) mass is 320 g/mol. The minimum Gasteiger partial charge on any atom is -0.496 e. The molecule has 124 valence electrons. The van der Waals surface area contributed by atoms with Crippen LogP contribution < -0.4 is 4.74 Å². The first-order chi connectivity index (χ1) is 11.4. The number of aromatic nitrogens is 2. The molecule has 4 rings (SSSR count). The number of ether oxygens (including phenoxy) is 1. The maximum absolute atomic E-state index is 5.36. The standard InChI is InChI=1S/C21H24N2O/c1-14-7-15(5-6-20(14)24-4)12-23-13-22-18-8-16-10-21(2,3)11-17(16)9-19(18)23/h5-9,13H,10-12H2,1-4H3. The number of hydrogen-bond acceptors (Lipinski definition) is 2. The van der Waals surface area contributed by atoms with Gasteiger partial charge < -0.3 is 9.30 Å². The smallest absolute Gasteiger partial charge is 0.121 e. The molecule has 0 spiro atoms. The van der Waals surface area contributed by atoms with Gasteiger partial charge in [0.15, 0.2) is 0 Å². The third-order valence-corrected chi connectivity index (χ3v) is 5.09. The predicted octanol–water partition coefficient (Wildman–Crippen LogP) is 4.53. The van der Waals surface area contributed by atoms with Crippen LogP contribution in [0.25, 0.3) is 11.0 Å². The second-order valence-corrected chi connectivity index (χ2v) is 7.80. The Bertz CT molecular complexity index is 921. The van der Waals surface area contributed by atoms with Gasteiger partial charge in [0.25, 0.3) is 0 Å². The van der Waals surface area contributed by atoms with Gasteiger partial charge in [-0.2, -0.15) is 0 Å². The number of benzene rings is 2. The molecule has 24 heavy (non-hydrogen) atoms. The summed E-state index contributed by atoms with van der Waals surface area (Å²) < 4.78 is 7.61. The molecule has 0 aliphatic heterocycles. The summed E-state index contributed by atoms with van der Waals surface area (Å²) in [6, 6.07) is 11.0. The largest absolute Gasteiger partial charge is 0.496 e. The van der Waals surface area contributed by atoms with Crippen molar-refractivity contribution in [2.24, 2.45) is 5.41 Å². The van der Waals surface area contributed by atoms with Gasteiger partial charge in [0.2, 0.25) is 0 Å². The SMILES string of the molecule is COc1ccc(Cn2cnc3cc4c(cc32)CC(C)(C)C4)cc1C. The van der Waals surface area contributed by atoms with Crippen LogP contribution in [0.2, 0.25) is 0 Å². The Morgan fingerprint density at radius 1 is 1.12 bits per heavy atom. The van der Waals surface area contributed by atoms with Crippen LogP contribution in [0.4, 0.5) is 0 Å². The van der Waals surface area contributed by atoms with E-state index in [2.05, 4.69) is 54.6 Å². The van der Waals surface area contributed by atoms with Crippen LogP contribution in [0.5, 0.6) is 5.75 Å². The van der Waals surface area contributed by atoms with E-state index in [1.54, 1.807) is 7.11 Å². The van der Waals surface area contributed by atoms with Crippen molar-refractivity contribution < 1.29 is 4.74 Å². The van der Waals surface area contributed by atoms with Gasteiger partial charge >= 0.3 is 0 Å². The van der Waals surface area contributed by atoms with E-state index in [4.69, 9.17) is 4.74 Å². The minimum atomic E-state index is 0.374. The maximum atomic E-state index is 5.36. The van der Waals surface area contributed by atoms with Gasteiger partial charge in [-0.3, -0.25) is 0 Å². The zero-order valence-electron chi connectivity index (χ0n) is 14.9. The Morgan fingerprint density at radius 3 is 2.58 bits per heavy atom. The summed E-state index contributed by atoms with van der Waals surface area (Å²) in [5, 5.41) is 0. The summed E-state index contributed by atoms with van der Waals surface area (Å²) in [6.07, 6.45) is 4.28. The molecule has 1 heterocycles. The second kappa shape index (κ2) is 5.37. The number of hydrogen-bond donors (Lipinski definition) is 0. The molecule has 3 nitrogen and oxygen atoms in total. The lowest BCUT2D eigenvalue weighted by Crippen LogP contribution is -2.09. The number of imidazole rings is 1. The third-order valence-electron chi connectivity index (χ3n) is 5.09. The van der Waals surface area contributed by atoms with Crippen molar-refractivity contribution in [1.29, 1.82) is 0 Å². The average molecular weight is 320 g/mol. The summed E-state index contributed by atoms with van der Waals surface area (Å²) >= 11 is 0. The van der Waals surface area contributed by atoms with Gasteiger partial charge in [0, 0.05) is 6.54 Å². The molecule has 3 aromatic rings. The number of rotatable bonds is 3. The van der Waals surface area contributed by atoms with E-state index in [1.165, 1.54) is 27.8 Å². The Hall–Kier alpha value is -2.29. The fraction of sp³-hybridized carbons (Fsp3) is 0.381. The van der Waals surface area contributed by atoms with Crippen LogP contribution in [-0.2, 0) is 19.4 Å². The van der Waals surface area contributed by atoms with E-state index >= 15 is 0 Å². The molecule has 0 radical (unpaired) electrons. The van der Waals surface area contributed by atoms with Gasteiger partial charge in [0.1, 0.15) is 5.75 Å². The fourth-order valence-electron chi connectivity index (χ4n) is 3.98. The van der Waals surface area contributed by atoms with Crippen molar-refractivity contribution in [3.8, 4) is 5.75 Å². The number of methoxy groups -OCH3 is 1. The summed E-state index contributed by atoms with van der Waals surface area (Å²) in [4.78, 5) is 4.63. The van der Waals surface area contributed by atoms with Crippen LogP contribution in [0.15, 0.2) is 36.7 Å². The van der Waals surface area contributed by atoms with Gasteiger partial charge in [-0.15, -0.1) is 0 Å². The second-order valence-electron chi connectivity index (χ2n) is 7.80.